The van der Waals surface area contributed by atoms with Gasteiger partial charge in [-0.1, -0.05) is 25.7 Å². The van der Waals surface area contributed by atoms with Crippen molar-refractivity contribution in [3.05, 3.63) is 0 Å². The minimum Gasteiger partial charge on any atom is -0.379 e. The van der Waals surface area contributed by atoms with Crippen LogP contribution >= 0.6 is 0 Å². The highest BCUT2D eigenvalue weighted by Crippen LogP contribution is 2.05. The summed E-state index contributed by atoms with van der Waals surface area (Å²) < 4.78 is 5.28. The number of nitrogens with two attached hydrogens (primary N) is 2. The van der Waals surface area contributed by atoms with Gasteiger partial charge in [0, 0.05) is 6.61 Å². The number of rotatable bonds is 12. The molecule has 0 radical (unpaired) electrons. The Kier molecular flexibility index (Phi) is 13.6. The average molecular weight is 220 g/mol. The van der Waals surface area contributed by atoms with Gasteiger partial charge in [0.1, 0.15) is 0 Å². The first kappa shape index (κ1) is 14.8. The minimum absolute atomic E-state index is 0.471. The summed E-state index contributed by atoms with van der Waals surface area (Å²) in [7, 11) is 0. The Labute approximate surface area is 92.0 Å². The largest absolute Gasteiger partial charge is 0.379 e. The van der Waals surface area contributed by atoms with Crippen LogP contribution in [0.5, 0.6) is 0 Å². The monoisotopic (exact) mass is 220 g/mol. The molecule has 0 heterocycles. The molecule has 15 heavy (non-hydrogen) atoms. The van der Waals surface area contributed by atoms with Crippen LogP contribution in [0.2, 0.25) is 0 Å². The Hall–Kier alpha value is -0.200. The molecule has 5 nitrogen and oxygen atoms in total. The van der Waals surface area contributed by atoms with Gasteiger partial charge in [-0.25, -0.2) is 11.8 Å². The molecule has 0 aliphatic rings. The molecule has 0 amide bonds. The summed E-state index contributed by atoms with van der Waals surface area (Å²) in [6.07, 6.45) is 7.07. The number of unbranched alkanes of at least 4 members (excludes halogenated alkanes) is 5. The van der Waals surface area contributed by atoms with Crippen LogP contribution in [0.15, 0.2) is 0 Å². The molecule has 0 fully saturated rings. The highest BCUT2D eigenvalue weighted by atomic mass is 16.6. The van der Waals surface area contributed by atoms with E-state index in [9.17, 15) is 0 Å². The Morgan fingerprint density at radius 1 is 0.533 bits per heavy atom. The first-order chi connectivity index (χ1) is 7.41. The Bertz CT molecular complexity index is 103. The molecule has 0 aliphatic carbocycles. The predicted octanol–water partition coefficient (Wildman–Crippen LogP) is 1.12. The summed E-state index contributed by atoms with van der Waals surface area (Å²) in [6.45, 7) is 2.53. The molecule has 0 aromatic heterocycles. The molecule has 0 atom stereocenters. The van der Waals surface area contributed by atoms with Gasteiger partial charge in [0.2, 0.25) is 0 Å². The molecule has 4 N–H and O–H groups in total. The number of ether oxygens (including phenoxy) is 1. The molecule has 0 unspecified atom stereocenters. The summed E-state index contributed by atoms with van der Waals surface area (Å²) in [5, 5.41) is 0. The third-order valence-electron chi connectivity index (χ3n) is 2.15. The van der Waals surface area contributed by atoms with Crippen molar-refractivity contribution in [1.29, 1.82) is 0 Å². The van der Waals surface area contributed by atoms with Crippen LogP contribution in [0.25, 0.3) is 0 Å². The third-order valence-corrected chi connectivity index (χ3v) is 2.15. The molecular weight excluding hydrogens is 196 g/mol. The summed E-state index contributed by atoms with van der Waals surface area (Å²) in [5.41, 5.74) is 0. The van der Waals surface area contributed by atoms with E-state index in [1.165, 1.54) is 25.7 Å². The summed E-state index contributed by atoms with van der Waals surface area (Å²) in [6, 6.07) is 0. The van der Waals surface area contributed by atoms with Crippen LogP contribution in [0.1, 0.15) is 38.5 Å². The van der Waals surface area contributed by atoms with E-state index in [1.807, 2.05) is 0 Å². The van der Waals surface area contributed by atoms with Crippen molar-refractivity contribution in [1.82, 2.24) is 0 Å². The third kappa shape index (κ3) is 13.8. The lowest BCUT2D eigenvalue weighted by atomic mass is 10.1. The molecule has 0 aromatic rings. The van der Waals surface area contributed by atoms with Crippen LogP contribution in [0.3, 0.4) is 0 Å². The maximum absolute atomic E-state index is 5.28. The maximum Gasteiger partial charge on any atom is 0.0913 e. The SMILES string of the molecule is NOCCCCCCCCOCCON. The van der Waals surface area contributed by atoms with Gasteiger partial charge in [-0.05, 0) is 12.8 Å². The number of hydrogen-bond donors (Lipinski definition) is 2. The minimum atomic E-state index is 0.471. The molecule has 0 bridgehead atoms. The Balaban J connectivity index is 2.81. The van der Waals surface area contributed by atoms with E-state index in [4.69, 9.17) is 16.5 Å². The van der Waals surface area contributed by atoms with Crippen LogP contribution in [0.4, 0.5) is 0 Å². The van der Waals surface area contributed by atoms with Gasteiger partial charge < -0.3 is 14.4 Å². The van der Waals surface area contributed by atoms with Crippen molar-refractivity contribution >= 4 is 0 Å². The van der Waals surface area contributed by atoms with Gasteiger partial charge in [0.05, 0.1) is 19.8 Å². The smallest absolute Gasteiger partial charge is 0.0913 e. The summed E-state index contributed by atoms with van der Waals surface area (Å²) in [4.78, 5) is 8.86. The lowest BCUT2D eigenvalue weighted by Crippen LogP contribution is -2.08. The lowest BCUT2D eigenvalue weighted by Gasteiger charge is -2.03. The van der Waals surface area contributed by atoms with Crippen molar-refractivity contribution < 1.29 is 14.4 Å². The standard InChI is InChI=1S/C10H24N2O3/c11-14-8-6-4-2-1-3-5-7-13-9-10-15-12/h1-12H2. The first-order valence-electron chi connectivity index (χ1n) is 5.63. The van der Waals surface area contributed by atoms with Crippen LogP contribution in [-0.2, 0) is 14.4 Å². The van der Waals surface area contributed by atoms with E-state index in [1.54, 1.807) is 0 Å². The van der Waals surface area contributed by atoms with E-state index in [0.717, 1.165) is 19.4 Å². The van der Waals surface area contributed by atoms with Gasteiger partial charge in [-0.3, -0.25) is 0 Å². The molecule has 5 heteroatoms. The van der Waals surface area contributed by atoms with Gasteiger partial charge in [-0.2, -0.15) is 0 Å². The second-order valence-corrected chi connectivity index (χ2v) is 3.48. The maximum atomic E-state index is 5.28. The fourth-order valence-corrected chi connectivity index (χ4v) is 1.31. The summed E-state index contributed by atoms with van der Waals surface area (Å²) in [5.74, 6) is 9.76. The topological polar surface area (TPSA) is 79.7 Å². The van der Waals surface area contributed by atoms with Crippen molar-refractivity contribution in [2.75, 3.05) is 26.4 Å². The van der Waals surface area contributed by atoms with Crippen molar-refractivity contribution in [3.63, 3.8) is 0 Å². The second kappa shape index (κ2) is 13.8. The van der Waals surface area contributed by atoms with Gasteiger partial charge >= 0.3 is 0 Å². The highest BCUT2D eigenvalue weighted by molar-refractivity contribution is 4.44. The Morgan fingerprint density at radius 3 is 1.67 bits per heavy atom. The van der Waals surface area contributed by atoms with Crippen molar-refractivity contribution in [3.8, 4) is 0 Å². The zero-order chi connectivity index (χ0) is 11.2. The first-order valence-corrected chi connectivity index (χ1v) is 5.63. The summed E-state index contributed by atoms with van der Waals surface area (Å²) >= 11 is 0. The second-order valence-electron chi connectivity index (χ2n) is 3.48. The molecule has 0 aromatic carbocycles. The Morgan fingerprint density at radius 2 is 1.07 bits per heavy atom. The van der Waals surface area contributed by atoms with Crippen LogP contribution < -0.4 is 11.8 Å². The fraction of sp³-hybridized carbons (Fsp3) is 1.00. The molecule has 0 saturated heterocycles. The normalized spacial score (nSPS) is 10.8. The van der Waals surface area contributed by atoms with Crippen molar-refractivity contribution in [2.45, 2.75) is 38.5 Å². The molecule has 92 valence electrons. The van der Waals surface area contributed by atoms with Gasteiger partial charge in [0.15, 0.2) is 0 Å². The zero-order valence-electron chi connectivity index (χ0n) is 9.45. The van der Waals surface area contributed by atoms with Gasteiger partial charge in [-0.15, -0.1) is 0 Å². The van der Waals surface area contributed by atoms with E-state index in [2.05, 4.69) is 9.68 Å². The van der Waals surface area contributed by atoms with Crippen LogP contribution in [0, 0.1) is 0 Å². The number of hydrogen-bond acceptors (Lipinski definition) is 5. The lowest BCUT2D eigenvalue weighted by molar-refractivity contribution is 0.0463. The van der Waals surface area contributed by atoms with E-state index >= 15 is 0 Å². The molecule has 0 saturated carbocycles. The molecule has 0 spiro atoms. The molecular formula is C10H24N2O3. The van der Waals surface area contributed by atoms with E-state index in [-0.39, 0.29) is 0 Å². The average Bonchev–Trinajstić information content (AvgIpc) is 2.26. The van der Waals surface area contributed by atoms with Crippen molar-refractivity contribution in [2.24, 2.45) is 11.8 Å². The molecule has 0 rings (SSSR count). The van der Waals surface area contributed by atoms with Crippen LogP contribution in [-0.4, -0.2) is 26.4 Å². The predicted molar refractivity (Wildman–Crippen MR) is 58.8 cm³/mol. The van der Waals surface area contributed by atoms with Gasteiger partial charge in [0.25, 0.3) is 0 Å². The highest BCUT2D eigenvalue weighted by Gasteiger charge is 1.92. The van der Waals surface area contributed by atoms with E-state index < -0.39 is 0 Å². The molecule has 0 aliphatic heterocycles. The van der Waals surface area contributed by atoms with E-state index in [0.29, 0.717) is 19.8 Å². The zero-order valence-corrected chi connectivity index (χ0v) is 9.45. The quantitative estimate of drug-likeness (QED) is 0.380. The fourth-order valence-electron chi connectivity index (χ4n) is 1.31.